The van der Waals surface area contributed by atoms with E-state index in [0.29, 0.717) is 17.7 Å². The van der Waals surface area contributed by atoms with Gasteiger partial charge in [-0.25, -0.2) is 0 Å². The van der Waals surface area contributed by atoms with Crippen LogP contribution in [0.2, 0.25) is 0 Å². The van der Waals surface area contributed by atoms with E-state index in [0.717, 1.165) is 16.2 Å². The van der Waals surface area contributed by atoms with Crippen molar-refractivity contribution in [2.24, 2.45) is 0 Å². The molecule has 1 heterocycles. The molecule has 0 spiro atoms. The summed E-state index contributed by atoms with van der Waals surface area (Å²) in [5, 5.41) is 14.0. The molecule has 0 unspecified atom stereocenters. The van der Waals surface area contributed by atoms with E-state index in [9.17, 15) is 4.79 Å². The molecule has 0 saturated carbocycles. The van der Waals surface area contributed by atoms with Crippen LogP contribution in [0.15, 0.2) is 70.9 Å². The minimum atomic E-state index is -0.100. The molecular weight excluding hydrogens is 348 g/mol. The van der Waals surface area contributed by atoms with E-state index in [4.69, 9.17) is 5.26 Å². The standard InChI is InChI=1S/C20H16N2OS2/c21-12-15-5-3-6-16(11-15)13-22-20(23)18-8-1-2-9-19(18)25-14-17-7-4-10-24-17/h1-11H,13-14H2,(H,22,23). The first-order valence-corrected chi connectivity index (χ1v) is 9.64. The number of carbonyl (C=O) groups is 1. The normalized spacial score (nSPS) is 10.2. The number of thioether (sulfide) groups is 1. The highest BCUT2D eigenvalue weighted by atomic mass is 32.2. The highest BCUT2D eigenvalue weighted by Crippen LogP contribution is 2.28. The van der Waals surface area contributed by atoms with Crippen LogP contribution in [0.1, 0.15) is 26.4 Å². The smallest absolute Gasteiger partial charge is 0.252 e. The fourth-order valence-corrected chi connectivity index (χ4v) is 4.18. The Bertz CT molecular complexity index is 898. The lowest BCUT2D eigenvalue weighted by Gasteiger charge is -2.10. The summed E-state index contributed by atoms with van der Waals surface area (Å²) < 4.78 is 0. The molecule has 1 aromatic heterocycles. The lowest BCUT2D eigenvalue weighted by Crippen LogP contribution is -2.23. The molecule has 0 bridgehead atoms. The Kier molecular flexibility index (Phi) is 5.89. The SMILES string of the molecule is N#Cc1cccc(CNC(=O)c2ccccc2SCc2cccs2)c1. The summed E-state index contributed by atoms with van der Waals surface area (Å²) in [4.78, 5) is 14.8. The van der Waals surface area contributed by atoms with Gasteiger partial charge in [-0.2, -0.15) is 5.26 Å². The second kappa shape index (κ2) is 8.52. The lowest BCUT2D eigenvalue weighted by atomic mass is 10.1. The van der Waals surface area contributed by atoms with Crippen LogP contribution in [-0.2, 0) is 12.3 Å². The molecule has 25 heavy (non-hydrogen) atoms. The van der Waals surface area contributed by atoms with Crippen molar-refractivity contribution in [3.05, 3.63) is 87.6 Å². The highest BCUT2D eigenvalue weighted by Gasteiger charge is 2.11. The Hall–Kier alpha value is -2.55. The Morgan fingerprint density at radius 2 is 2.00 bits per heavy atom. The summed E-state index contributed by atoms with van der Waals surface area (Å²) in [7, 11) is 0. The third kappa shape index (κ3) is 4.72. The summed E-state index contributed by atoms with van der Waals surface area (Å²) in [5.41, 5.74) is 2.19. The molecule has 3 aromatic rings. The Balaban J connectivity index is 1.66. The third-order valence-corrected chi connectivity index (χ3v) is 5.77. The topological polar surface area (TPSA) is 52.9 Å². The van der Waals surface area contributed by atoms with Crippen LogP contribution in [0.25, 0.3) is 0 Å². The quantitative estimate of drug-likeness (QED) is 0.637. The van der Waals surface area contributed by atoms with Crippen molar-refractivity contribution in [1.29, 1.82) is 5.26 Å². The molecule has 2 aromatic carbocycles. The monoisotopic (exact) mass is 364 g/mol. The molecule has 1 amide bonds. The molecule has 3 nitrogen and oxygen atoms in total. The fourth-order valence-electron chi connectivity index (χ4n) is 2.35. The molecule has 124 valence electrons. The number of nitriles is 1. The van der Waals surface area contributed by atoms with Crippen LogP contribution in [-0.4, -0.2) is 5.91 Å². The van der Waals surface area contributed by atoms with Crippen LogP contribution < -0.4 is 5.32 Å². The minimum absolute atomic E-state index is 0.100. The average molecular weight is 364 g/mol. The first kappa shape index (κ1) is 17.3. The second-order valence-corrected chi connectivity index (χ2v) is 7.41. The number of thiophene rings is 1. The molecule has 5 heteroatoms. The summed E-state index contributed by atoms with van der Waals surface area (Å²) in [6, 6.07) is 21.2. The summed E-state index contributed by atoms with van der Waals surface area (Å²) in [5.74, 6) is 0.753. The van der Waals surface area contributed by atoms with Gasteiger partial charge < -0.3 is 5.32 Å². The van der Waals surface area contributed by atoms with Crippen molar-refractivity contribution in [2.75, 3.05) is 0 Å². The number of amides is 1. The largest absolute Gasteiger partial charge is 0.348 e. The van der Waals surface area contributed by atoms with Gasteiger partial charge in [-0.1, -0.05) is 30.3 Å². The number of nitrogens with one attached hydrogen (secondary N) is 1. The number of rotatable bonds is 6. The maximum atomic E-state index is 12.6. The van der Waals surface area contributed by atoms with Gasteiger partial charge in [-0.15, -0.1) is 23.1 Å². The number of carbonyl (C=O) groups excluding carboxylic acids is 1. The van der Waals surface area contributed by atoms with Crippen molar-refractivity contribution in [3.63, 3.8) is 0 Å². The van der Waals surface area contributed by atoms with E-state index in [-0.39, 0.29) is 5.91 Å². The second-order valence-electron chi connectivity index (χ2n) is 5.36. The minimum Gasteiger partial charge on any atom is -0.348 e. The van der Waals surface area contributed by atoms with Gasteiger partial charge in [0, 0.05) is 22.1 Å². The summed E-state index contributed by atoms with van der Waals surface area (Å²) >= 11 is 3.39. The Morgan fingerprint density at radius 3 is 2.80 bits per heavy atom. The number of nitrogens with zero attached hydrogens (tertiary/aromatic N) is 1. The maximum Gasteiger partial charge on any atom is 0.252 e. The molecule has 0 aliphatic heterocycles. The Labute approximate surface area is 155 Å². The average Bonchev–Trinajstić information content (AvgIpc) is 3.18. The summed E-state index contributed by atoms with van der Waals surface area (Å²) in [6.07, 6.45) is 0. The molecule has 0 fully saturated rings. The van der Waals surface area contributed by atoms with Gasteiger partial charge in [0.1, 0.15) is 0 Å². The molecule has 0 aliphatic carbocycles. The molecule has 0 radical (unpaired) electrons. The molecule has 0 saturated heterocycles. The van der Waals surface area contributed by atoms with E-state index < -0.39 is 0 Å². The molecule has 0 aliphatic rings. The Morgan fingerprint density at radius 1 is 1.12 bits per heavy atom. The van der Waals surface area contributed by atoms with E-state index >= 15 is 0 Å². The zero-order chi connectivity index (χ0) is 17.5. The van der Waals surface area contributed by atoms with E-state index in [2.05, 4.69) is 22.8 Å². The molecule has 3 rings (SSSR count). The number of hydrogen-bond acceptors (Lipinski definition) is 4. The van der Waals surface area contributed by atoms with Crippen LogP contribution in [0.3, 0.4) is 0 Å². The first-order valence-electron chi connectivity index (χ1n) is 7.78. The van der Waals surface area contributed by atoms with Crippen molar-refractivity contribution in [3.8, 4) is 6.07 Å². The van der Waals surface area contributed by atoms with Gasteiger partial charge in [-0.3, -0.25) is 4.79 Å². The van der Waals surface area contributed by atoms with Gasteiger partial charge in [-0.05, 0) is 41.3 Å². The predicted octanol–water partition coefficient (Wildman–Crippen LogP) is 4.84. The third-order valence-electron chi connectivity index (χ3n) is 3.59. The van der Waals surface area contributed by atoms with Crippen molar-refractivity contribution >= 4 is 29.0 Å². The van der Waals surface area contributed by atoms with Crippen LogP contribution >= 0.6 is 23.1 Å². The van der Waals surface area contributed by atoms with E-state index in [1.165, 1.54) is 4.88 Å². The van der Waals surface area contributed by atoms with Gasteiger partial charge in [0.2, 0.25) is 0 Å². The molecular formula is C20H16N2OS2. The van der Waals surface area contributed by atoms with Gasteiger partial charge in [0.25, 0.3) is 5.91 Å². The summed E-state index contributed by atoms with van der Waals surface area (Å²) in [6.45, 7) is 0.401. The zero-order valence-corrected chi connectivity index (χ0v) is 15.1. The highest BCUT2D eigenvalue weighted by molar-refractivity contribution is 7.98. The van der Waals surface area contributed by atoms with Gasteiger partial charge in [0.15, 0.2) is 0 Å². The number of benzene rings is 2. The van der Waals surface area contributed by atoms with Crippen LogP contribution in [0.5, 0.6) is 0 Å². The lowest BCUT2D eigenvalue weighted by molar-refractivity contribution is 0.0948. The molecule has 1 N–H and O–H groups in total. The van der Waals surface area contributed by atoms with Gasteiger partial charge >= 0.3 is 0 Å². The maximum absolute atomic E-state index is 12.6. The zero-order valence-electron chi connectivity index (χ0n) is 13.4. The van der Waals surface area contributed by atoms with Gasteiger partial charge in [0.05, 0.1) is 17.2 Å². The van der Waals surface area contributed by atoms with Crippen molar-refractivity contribution in [1.82, 2.24) is 5.32 Å². The van der Waals surface area contributed by atoms with Crippen LogP contribution in [0, 0.1) is 11.3 Å². The molecule has 0 atom stereocenters. The predicted molar refractivity (Wildman–Crippen MR) is 103 cm³/mol. The first-order chi connectivity index (χ1) is 12.3. The van der Waals surface area contributed by atoms with Crippen molar-refractivity contribution in [2.45, 2.75) is 17.2 Å². The fraction of sp³-hybridized carbons (Fsp3) is 0.100. The van der Waals surface area contributed by atoms with E-state index in [1.54, 1.807) is 35.2 Å². The number of hydrogen-bond donors (Lipinski definition) is 1. The van der Waals surface area contributed by atoms with E-state index in [1.807, 2.05) is 42.5 Å². The van der Waals surface area contributed by atoms with Crippen LogP contribution in [0.4, 0.5) is 0 Å². The van der Waals surface area contributed by atoms with Crippen molar-refractivity contribution < 1.29 is 4.79 Å².